The van der Waals surface area contributed by atoms with Gasteiger partial charge >= 0.3 is 0 Å². The molecule has 1 aromatic rings. The maximum absolute atomic E-state index is 5.75. The number of benzene rings is 1. The minimum atomic E-state index is 0.0625. The predicted molar refractivity (Wildman–Crippen MR) is 77.6 cm³/mol. The Morgan fingerprint density at radius 3 is 2.58 bits per heavy atom. The summed E-state index contributed by atoms with van der Waals surface area (Å²) in [7, 11) is 3.84. The molecule has 1 aromatic carbocycles. The molecular weight excluding hydrogens is 238 g/mol. The highest BCUT2D eigenvalue weighted by atomic mass is 16.5. The molecule has 0 amide bonds. The molecule has 1 saturated carbocycles. The largest absolute Gasteiger partial charge is 0.494 e. The average molecular weight is 263 g/mol. The van der Waals surface area contributed by atoms with Crippen LogP contribution in [0.5, 0.6) is 5.75 Å². The summed E-state index contributed by atoms with van der Waals surface area (Å²) in [6.07, 6.45) is 4.61. The molecule has 0 saturated heterocycles. The third-order valence-corrected chi connectivity index (χ3v) is 4.22. The minimum Gasteiger partial charge on any atom is -0.494 e. The molecule has 2 rings (SSSR count). The van der Waals surface area contributed by atoms with Crippen molar-refractivity contribution in [3.8, 4) is 5.75 Å². The molecule has 1 fully saturated rings. The molecule has 1 aliphatic carbocycles. The highest BCUT2D eigenvalue weighted by molar-refractivity contribution is 5.36. The molecule has 0 radical (unpaired) electrons. The predicted octanol–water partition coefficient (Wildman–Crippen LogP) is 3.31. The molecule has 3 heteroatoms. The molecule has 0 heterocycles. The van der Waals surface area contributed by atoms with Gasteiger partial charge in [0.05, 0.1) is 12.2 Å². The van der Waals surface area contributed by atoms with Crippen molar-refractivity contribution < 1.29 is 9.47 Å². The van der Waals surface area contributed by atoms with Crippen molar-refractivity contribution in [1.29, 1.82) is 0 Å². The summed E-state index contributed by atoms with van der Waals surface area (Å²) >= 11 is 0. The van der Waals surface area contributed by atoms with Crippen molar-refractivity contribution in [3.05, 3.63) is 29.8 Å². The summed E-state index contributed by atoms with van der Waals surface area (Å²) in [6, 6.07) is 8.57. The standard InChI is InChI=1S/C16H25NO2/c1-4-19-15-9-6-5-8-13(15)14(17-2)12-16(18-3)10-7-11-16/h5-6,8-9,14,17H,4,7,10-12H2,1-3H3. The first-order chi connectivity index (χ1) is 9.24. The SMILES string of the molecule is CCOc1ccccc1C(CC1(OC)CCC1)NC. The summed E-state index contributed by atoms with van der Waals surface area (Å²) in [6.45, 7) is 2.72. The van der Waals surface area contributed by atoms with Gasteiger partial charge < -0.3 is 14.8 Å². The first-order valence-electron chi connectivity index (χ1n) is 7.19. The summed E-state index contributed by atoms with van der Waals surface area (Å²) < 4.78 is 11.5. The van der Waals surface area contributed by atoms with Gasteiger partial charge in [-0.05, 0) is 45.7 Å². The van der Waals surface area contributed by atoms with E-state index in [-0.39, 0.29) is 11.6 Å². The lowest BCUT2D eigenvalue weighted by Gasteiger charge is -2.43. The summed E-state index contributed by atoms with van der Waals surface area (Å²) in [5, 5.41) is 3.42. The topological polar surface area (TPSA) is 30.5 Å². The molecule has 1 atom stereocenters. The van der Waals surface area contributed by atoms with Crippen LogP contribution in [0.25, 0.3) is 0 Å². The molecule has 1 aliphatic rings. The Morgan fingerprint density at radius 1 is 1.32 bits per heavy atom. The quantitative estimate of drug-likeness (QED) is 0.818. The Bertz CT molecular complexity index is 396. The van der Waals surface area contributed by atoms with Gasteiger partial charge in [0.2, 0.25) is 0 Å². The van der Waals surface area contributed by atoms with E-state index < -0.39 is 0 Å². The van der Waals surface area contributed by atoms with Crippen LogP contribution >= 0.6 is 0 Å². The summed E-state index contributed by atoms with van der Waals surface area (Å²) in [5.74, 6) is 0.981. The van der Waals surface area contributed by atoms with Gasteiger partial charge in [-0.2, -0.15) is 0 Å². The third kappa shape index (κ3) is 3.10. The molecule has 0 spiro atoms. The number of methoxy groups -OCH3 is 1. The highest BCUT2D eigenvalue weighted by Gasteiger charge is 2.39. The van der Waals surface area contributed by atoms with Crippen molar-refractivity contribution in [2.24, 2.45) is 0 Å². The molecule has 1 unspecified atom stereocenters. The van der Waals surface area contributed by atoms with Gasteiger partial charge in [0.15, 0.2) is 0 Å². The van der Waals surface area contributed by atoms with Crippen molar-refractivity contribution in [1.82, 2.24) is 5.32 Å². The van der Waals surface area contributed by atoms with Gasteiger partial charge in [-0.3, -0.25) is 0 Å². The second-order valence-corrected chi connectivity index (χ2v) is 5.26. The van der Waals surface area contributed by atoms with Crippen LogP contribution in [0.4, 0.5) is 0 Å². The van der Waals surface area contributed by atoms with E-state index >= 15 is 0 Å². The lowest BCUT2D eigenvalue weighted by Crippen LogP contribution is -2.42. The maximum Gasteiger partial charge on any atom is 0.124 e. The molecule has 19 heavy (non-hydrogen) atoms. The minimum absolute atomic E-state index is 0.0625. The van der Waals surface area contributed by atoms with Crippen molar-refractivity contribution in [2.75, 3.05) is 20.8 Å². The molecule has 106 valence electrons. The average Bonchev–Trinajstić information content (AvgIpc) is 2.40. The number of hydrogen-bond acceptors (Lipinski definition) is 3. The zero-order valence-electron chi connectivity index (χ0n) is 12.2. The van der Waals surface area contributed by atoms with E-state index in [0.717, 1.165) is 12.2 Å². The van der Waals surface area contributed by atoms with Gasteiger partial charge in [-0.15, -0.1) is 0 Å². The highest BCUT2D eigenvalue weighted by Crippen LogP contribution is 2.43. The Morgan fingerprint density at radius 2 is 2.05 bits per heavy atom. The van der Waals surface area contributed by atoms with E-state index in [2.05, 4.69) is 17.4 Å². The van der Waals surface area contributed by atoms with Crippen LogP contribution in [-0.4, -0.2) is 26.4 Å². The number of rotatable bonds is 7. The molecule has 0 aliphatic heterocycles. The van der Waals surface area contributed by atoms with Gasteiger partial charge in [0.25, 0.3) is 0 Å². The van der Waals surface area contributed by atoms with Crippen LogP contribution in [0.3, 0.4) is 0 Å². The fourth-order valence-electron chi connectivity index (χ4n) is 2.86. The van der Waals surface area contributed by atoms with E-state index in [9.17, 15) is 0 Å². The fraction of sp³-hybridized carbons (Fsp3) is 0.625. The van der Waals surface area contributed by atoms with Gasteiger partial charge in [-0.1, -0.05) is 18.2 Å². The van der Waals surface area contributed by atoms with Gasteiger partial charge in [0.1, 0.15) is 5.75 Å². The van der Waals surface area contributed by atoms with Crippen LogP contribution in [0.2, 0.25) is 0 Å². The summed E-state index contributed by atoms with van der Waals surface area (Å²) in [5.41, 5.74) is 1.29. The van der Waals surface area contributed by atoms with Crippen molar-refractivity contribution in [2.45, 2.75) is 44.2 Å². The van der Waals surface area contributed by atoms with E-state index in [0.29, 0.717) is 6.61 Å². The fourth-order valence-corrected chi connectivity index (χ4v) is 2.86. The van der Waals surface area contributed by atoms with Crippen LogP contribution < -0.4 is 10.1 Å². The van der Waals surface area contributed by atoms with E-state index in [1.54, 1.807) is 0 Å². The first-order valence-corrected chi connectivity index (χ1v) is 7.19. The van der Waals surface area contributed by atoms with E-state index in [1.807, 2.05) is 33.2 Å². The molecule has 0 bridgehead atoms. The Hall–Kier alpha value is -1.06. The van der Waals surface area contributed by atoms with Gasteiger partial charge in [-0.25, -0.2) is 0 Å². The second-order valence-electron chi connectivity index (χ2n) is 5.26. The lowest BCUT2D eigenvalue weighted by atomic mass is 9.74. The number of hydrogen-bond donors (Lipinski definition) is 1. The molecule has 1 N–H and O–H groups in total. The van der Waals surface area contributed by atoms with E-state index in [1.165, 1.54) is 24.8 Å². The van der Waals surface area contributed by atoms with Gasteiger partial charge in [0, 0.05) is 18.7 Å². The smallest absolute Gasteiger partial charge is 0.124 e. The van der Waals surface area contributed by atoms with Crippen LogP contribution in [0.1, 0.15) is 44.2 Å². The summed E-state index contributed by atoms with van der Waals surface area (Å²) in [4.78, 5) is 0. The number of para-hydroxylation sites is 1. The first kappa shape index (κ1) is 14.4. The molecular formula is C16H25NO2. The van der Waals surface area contributed by atoms with Crippen LogP contribution in [0, 0.1) is 0 Å². The molecule has 3 nitrogen and oxygen atoms in total. The Balaban J connectivity index is 2.17. The van der Waals surface area contributed by atoms with Crippen LogP contribution in [-0.2, 0) is 4.74 Å². The zero-order valence-corrected chi connectivity index (χ0v) is 12.2. The Kier molecular flexibility index (Phi) is 4.83. The third-order valence-electron chi connectivity index (χ3n) is 4.22. The Labute approximate surface area is 116 Å². The maximum atomic E-state index is 5.75. The normalized spacial score (nSPS) is 18.7. The number of nitrogens with one attached hydrogen (secondary N) is 1. The van der Waals surface area contributed by atoms with Crippen molar-refractivity contribution >= 4 is 0 Å². The lowest BCUT2D eigenvalue weighted by molar-refractivity contribution is -0.0835. The number of ether oxygens (including phenoxy) is 2. The van der Waals surface area contributed by atoms with Crippen LogP contribution in [0.15, 0.2) is 24.3 Å². The zero-order chi connectivity index (χ0) is 13.7. The monoisotopic (exact) mass is 263 g/mol. The second kappa shape index (κ2) is 6.40. The van der Waals surface area contributed by atoms with Crippen molar-refractivity contribution in [3.63, 3.8) is 0 Å². The van der Waals surface area contributed by atoms with E-state index in [4.69, 9.17) is 9.47 Å². The molecule has 0 aromatic heterocycles.